The second kappa shape index (κ2) is 9.40. The number of hydrogen-bond donors (Lipinski definition) is 0. The lowest BCUT2D eigenvalue weighted by Crippen LogP contribution is -2.48. The monoisotopic (exact) mass is 454 g/mol. The maximum absolute atomic E-state index is 13.3. The van der Waals surface area contributed by atoms with Gasteiger partial charge in [-0.3, -0.25) is 4.79 Å². The maximum Gasteiger partial charge on any atom is 0.231 e. The summed E-state index contributed by atoms with van der Waals surface area (Å²) in [5, 5.41) is 0. The molecule has 7 nitrogen and oxygen atoms in total. The molecule has 2 aliphatic heterocycles. The molecular formula is C26H32NO6+. The van der Waals surface area contributed by atoms with Gasteiger partial charge in [0.2, 0.25) is 12.5 Å². The topological polar surface area (TPSA) is 63.2 Å². The van der Waals surface area contributed by atoms with Crippen molar-refractivity contribution in [3.05, 3.63) is 40.4 Å². The van der Waals surface area contributed by atoms with Crippen molar-refractivity contribution in [3.8, 4) is 29.1 Å². The van der Waals surface area contributed by atoms with E-state index < -0.39 is 0 Å². The fourth-order valence-corrected chi connectivity index (χ4v) is 4.81. The van der Waals surface area contributed by atoms with Crippen LogP contribution in [0.25, 0.3) is 0 Å². The summed E-state index contributed by atoms with van der Waals surface area (Å²) in [5.74, 6) is 9.69. The van der Waals surface area contributed by atoms with Crippen LogP contribution in [-0.2, 0) is 20.7 Å². The van der Waals surface area contributed by atoms with Gasteiger partial charge in [-0.2, -0.15) is 0 Å². The Kier molecular flexibility index (Phi) is 6.57. The number of carbonyl (C=O) groups excluding carboxylic acids is 1. The van der Waals surface area contributed by atoms with Crippen LogP contribution in [0.4, 0.5) is 0 Å². The van der Waals surface area contributed by atoms with Crippen LogP contribution in [0.5, 0.6) is 17.2 Å². The molecule has 1 atom stereocenters. The predicted octanol–water partition coefficient (Wildman–Crippen LogP) is 3.67. The van der Waals surface area contributed by atoms with Gasteiger partial charge in [-0.05, 0) is 30.0 Å². The van der Waals surface area contributed by atoms with Crippen molar-refractivity contribution in [2.24, 2.45) is 0 Å². The van der Waals surface area contributed by atoms with Gasteiger partial charge in [0.1, 0.15) is 17.6 Å². The molecule has 3 aliphatic rings. The molecule has 4 rings (SSSR count). The third-order valence-corrected chi connectivity index (χ3v) is 6.73. The molecule has 0 bridgehead atoms. The average Bonchev–Trinajstić information content (AvgIpc) is 3.17. The fraction of sp³-hybridized carbons (Fsp3) is 0.500. The summed E-state index contributed by atoms with van der Waals surface area (Å²) in [4.78, 5) is 13.3. The van der Waals surface area contributed by atoms with Crippen LogP contribution in [0.2, 0.25) is 0 Å². The van der Waals surface area contributed by atoms with Gasteiger partial charge < -0.3 is 28.2 Å². The van der Waals surface area contributed by atoms with E-state index in [0.717, 1.165) is 35.6 Å². The second-order valence-electron chi connectivity index (χ2n) is 9.08. The summed E-state index contributed by atoms with van der Waals surface area (Å²) in [6.07, 6.45) is 4.72. The normalized spacial score (nSPS) is 20.2. The number of hydrogen-bond acceptors (Lipinski definition) is 6. The van der Waals surface area contributed by atoms with Gasteiger partial charge in [0.15, 0.2) is 17.3 Å². The van der Waals surface area contributed by atoms with Crippen LogP contribution in [0.15, 0.2) is 29.2 Å². The first-order valence-corrected chi connectivity index (χ1v) is 11.2. The van der Waals surface area contributed by atoms with E-state index in [4.69, 9.17) is 23.7 Å². The van der Waals surface area contributed by atoms with E-state index in [-0.39, 0.29) is 18.6 Å². The minimum absolute atomic E-state index is 0.0272. The van der Waals surface area contributed by atoms with E-state index in [1.165, 1.54) is 5.56 Å². The average molecular weight is 455 g/mol. The van der Waals surface area contributed by atoms with Gasteiger partial charge in [-0.15, -0.1) is 0 Å². The first-order chi connectivity index (χ1) is 15.9. The predicted molar refractivity (Wildman–Crippen MR) is 123 cm³/mol. The van der Waals surface area contributed by atoms with Crippen LogP contribution in [0, 0.1) is 11.8 Å². The molecular weight excluding hydrogens is 422 g/mol. The zero-order valence-electron chi connectivity index (χ0n) is 20.1. The smallest absolute Gasteiger partial charge is 0.231 e. The molecule has 2 heterocycles. The lowest BCUT2D eigenvalue weighted by Gasteiger charge is -2.43. The fourth-order valence-electron chi connectivity index (χ4n) is 4.81. The minimum Gasteiger partial charge on any atom is -0.500 e. The number of nitrogens with zero attached hydrogens (tertiary/aromatic N) is 1. The molecule has 0 fully saturated rings. The Balaban J connectivity index is 1.57. The zero-order chi connectivity index (χ0) is 23.6. The standard InChI is InChI=1S/C26H32NO6/c1-27(2)12-11-18-14-23-25(33-16-32-23)26(31-5)24(18)21(27)15-19(28)10-9-17-13-20(29-3)7-6-8-22(17)30-4/h13-14,21H,7,9-12,15-16H2,1-5H3/q+1. The Morgan fingerprint density at radius 2 is 2.00 bits per heavy atom. The molecule has 0 saturated heterocycles. The van der Waals surface area contributed by atoms with E-state index in [0.29, 0.717) is 47.4 Å². The van der Waals surface area contributed by atoms with Crippen molar-refractivity contribution in [1.29, 1.82) is 0 Å². The molecule has 1 unspecified atom stereocenters. The lowest BCUT2D eigenvalue weighted by atomic mass is 9.86. The zero-order valence-corrected chi connectivity index (χ0v) is 20.1. The van der Waals surface area contributed by atoms with Crippen molar-refractivity contribution in [1.82, 2.24) is 0 Å². The number of ether oxygens (including phenoxy) is 5. The van der Waals surface area contributed by atoms with Crippen LogP contribution in [0.1, 0.15) is 42.9 Å². The van der Waals surface area contributed by atoms with Crippen molar-refractivity contribution >= 4 is 5.78 Å². The first-order valence-electron chi connectivity index (χ1n) is 11.2. The number of allylic oxidation sites excluding steroid dienone is 4. The number of quaternary nitrogens is 1. The summed E-state index contributed by atoms with van der Waals surface area (Å²) >= 11 is 0. The number of Topliss-reactive ketones (excluding diaryl/α,β-unsaturated/α-hetero) is 1. The van der Waals surface area contributed by atoms with E-state index >= 15 is 0 Å². The molecule has 1 aromatic carbocycles. The Morgan fingerprint density at radius 1 is 1.18 bits per heavy atom. The van der Waals surface area contributed by atoms with Gasteiger partial charge in [0.25, 0.3) is 0 Å². The van der Waals surface area contributed by atoms with Gasteiger partial charge in [-0.25, -0.2) is 0 Å². The third-order valence-electron chi connectivity index (χ3n) is 6.73. The lowest BCUT2D eigenvalue weighted by molar-refractivity contribution is -0.922. The van der Waals surface area contributed by atoms with Crippen LogP contribution >= 0.6 is 0 Å². The highest BCUT2D eigenvalue weighted by atomic mass is 16.7. The van der Waals surface area contributed by atoms with Gasteiger partial charge in [0, 0.05) is 18.4 Å². The molecule has 1 aromatic rings. The van der Waals surface area contributed by atoms with E-state index in [1.807, 2.05) is 12.1 Å². The number of carbonyl (C=O) groups is 1. The van der Waals surface area contributed by atoms with E-state index in [9.17, 15) is 4.79 Å². The summed E-state index contributed by atoms with van der Waals surface area (Å²) in [5.41, 5.74) is 3.12. The summed E-state index contributed by atoms with van der Waals surface area (Å²) in [6.45, 7) is 1.12. The highest BCUT2D eigenvalue weighted by Gasteiger charge is 2.42. The van der Waals surface area contributed by atoms with E-state index in [1.54, 1.807) is 21.3 Å². The highest BCUT2D eigenvalue weighted by Crippen LogP contribution is 2.51. The Labute approximate surface area is 195 Å². The van der Waals surface area contributed by atoms with Crippen molar-refractivity contribution in [2.45, 2.75) is 38.1 Å². The van der Waals surface area contributed by atoms with Crippen LogP contribution < -0.4 is 14.2 Å². The van der Waals surface area contributed by atoms with Crippen LogP contribution in [-0.4, -0.2) is 59.0 Å². The van der Waals surface area contributed by atoms with Crippen molar-refractivity contribution < 1.29 is 33.0 Å². The summed E-state index contributed by atoms with van der Waals surface area (Å²) in [7, 11) is 9.23. The molecule has 0 N–H and O–H groups in total. The van der Waals surface area contributed by atoms with Gasteiger partial charge >= 0.3 is 0 Å². The third kappa shape index (κ3) is 4.53. The molecule has 0 spiro atoms. The quantitative estimate of drug-likeness (QED) is 0.441. The first kappa shape index (κ1) is 23.1. The number of likely N-dealkylation sites (N-methyl/N-ethyl adjacent to an activating group) is 1. The summed E-state index contributed by atoms with van der Waals surface area (Å²) in [6, 6.07) is 2.02. The molecule has 176 valence electrons. The Hall–Kier alpha value is -3.11. The minimum atomic E-state index is -0.0272. The maximum atomic E-state index is 13.3. The van der Waals surface area contributed by atoms with Gasteiger partial charge in [-0.1, -0.05) is 5.92 Å². The molecule has 33 heavy (non-hydrogen) atoms. The number of benzene rings is 1. The Bertz CT molecular complexity index is 1070. The summed E-state index contributed by atoms with van der Waals surface area (Å²) < 4.78 is 28.7. The number of ketones is 1. The molecule has 1 aliphatic carbocycles. The molecule has 0 radical (unpaired) electrons. The molecule has 0 amide bonds. The van der Waals surface area contributed by atoms with Crippen molar-refractivity contribution in [2.75, 3.05) is 48.8 Å². The van der Waals surface area contributed by atoms with Gasteiger partial charge in [0.05, 0.1) is 60.4 Å². The highest BCUT2D eigenvalue weighted by molar-refractivity contribution is 5.80. The second-order valence-corrected chi connectivity index (χ2v) is 9.08. The van der Waals surface area contributed by atoms with Crippen LogP contribution in [0.3, 0.4) is 0 Å². The SMILES string of the molecule is COC1=CC(CCC(=O)CC2c3c(cc4c(c3OC)OCO4)CC[N+]2(C)C)=C(OC)C#CC1. The number of rotatable bonds is 8. The van der Waals surface area contributed by atoms with Crippen molar-refractivity contribution in [3.63, 3.8) is 0 Å². The van der Waals surface area contributed by atoms with E-state index in [2.05, 4.69) is 25.9 Å². The number of methoxy groups -OCH3 is 3. The molecule has 7 heteroatoms. The largest absolute Gasteiger partial charge is 0.500 e. The molecule has 0 aromatic heterocycles. The number of fused-ring (bicyclic) bond motifs is 2. The molecule has 0 saturated carbocycles. The Morgan fingerprint density at radius 3 is 2.73 bits per heavy atom.